The van der Waals surface area contributed by atoms with Gasteiger partial charge >= 0.3 is 0 Å². The number of amides is 1. The van der Waals surface area contributed by atoms with Crippen LogP contribution in [0.1, 0.15) is 38.3 Å². The number of carbonyl (C=O) groups is 1. The number of carbonyl (C=O) groups excluding carboxylic acids is 1. The summed E-state index contributed by atoms with van der Waals surface area (Å²) in [6.07, 6.45) is 2.63. The quantitative estimate of drug-likeness (QED) is 0.852. The van der Waals surface area contributed by atoms with Crippen LogP contribution in [0.5, 0.6) is 0 Å². The maximum atomic E-state index is 12.0. The molecule has 104 valence electrons. The molecule has 2 atom stereocenters. The minimum Gasteiger partial charge on any atom is -0.348 e. The van der Waals surface area contributed by atoms with Crippen LogP contribution in [-0.2, 0) is 4.79 Å². The molecule has 1 aliphatic carbocycles. The average Bonchev–Trinajstić information content (AvgIpc) is 3.22. The van der Waals surface area contributed by atoms with Crippen molar-refractivity contribution >= 4 is 5.91 Å². The van der Waals surface area contributed by atoms with Crippen molar-refractivity contribution in [3.8, 4) is 0 Å². The minimum absolute atomic E-state index is 0.0679. The molecule has 2 unspecified atom stereocenters. The first-order valence-electron chi connectivity index (χ1n) is 7.12. The summed E-state index contributed by atoms with van der Waals surface area (Å²) >= 11 is 0. The van der Waals surface area contributed by atoms with E-state index in [2.05, 4.69) is 17.1 Å². The predicted octanol–water partition coefficient (Wildman–Crippen LogP) is 2.59. The third kappa shape index (κ3) is 4.06. The van der Waals surface area contributed by atoms with E-state index in [0.29, 0.717) is 12.6 Å². The molecule has 1 amide bonds. The Hall–Kier alpha value is -1.35. The Bertz CT molecular complexity index is 414. The molecule has 0 aliphatic heterocycles. The molecule has 3 heteroatoms. The molecule has 19 heavy (non-hydrogen) atoms. The first-order valence-corrected chi connectivity index (χ1v) is 7.12. The van der Waals surface area contributed by atoms with Crippen molar-refractivity contribution in [1.82, 2.24) is 10.2 Å². The molecule has 0 bridgehead atoms. The van der Waals surface area contributed by atoms with E-state index < -0.39 is 0 Å². The maximum Gasteiger partial charge on any atom is 0.234 e. The van der Waals surface area contributed by atoms with Crippen LogP contribution in [0.4, 0.5) is 0 Å². The number of nitrogens with zero attached hydrogens (tertiary/aromatic N) is 1. The van der Waals surface area contributed by atoms with Crippen molar-refractivity contribution in [2.24, 2.45) is 5.92 Å². The molecule has 0 spiro atoms. The minimum atomic E-state index is 0.0679. The standard InChI is InChI=1S/C16H24N2O/c1-12(14-7-5-4-6-8-14)17-16(19)11-18(3)13(2)15-9-10-15/h4-8,12-13,15H,9-11H2,1-3H3,(H,17,19). The van der Waals surface area contributed by atoms with E-state index in [1.54, 1.807) is 0 Å². The van der Waals surface area contributed by atoms with Crippen molar-refractivity contribution in [3.63, 3.8) is 0 Å². The fraction of sp³-hybridized carbons (Fsp3) is 0.562. The van der Waals surface area contributed by atoms with Gasteiger partial charge < -0.3 is 5.32 Å². The lowest BCUT2D eigenvalue weighted by molar-refractivity contribution is -0.123. The Kier molecular flexibility index (Phi) is 4.59. The summed E-state index contributed by atoms with van der Waals surface area (Å²) in [4.78, 5) is 14.2. The van der Waals surface area contributed by atoms with Gasteiger partial charge in [0.25, 0.3) is 0 Å². The van der Waals surface area contributed by atoms with Gasteiger partial charge in [-0.05, 0) is 45.2 Å². The molecular formula is C16H24N2O. The third-order valence-corrected chi connectivity index (χ3v) is 4.07. The number of hydrogen-bond donors (Lipinski definition) is 1. The van der Waals surface area contributed by atoms with Crippen LogP contribution in [0.3, 0.4) is 0 Å². The summed E-state index contributed by atoms with van der Waals surface area (Å²) in [5.41, 5.74) is 1.15. The Morgan fingerprint density at radius 2 is 1.95 bits per heavy atom. The van der Waals surface area contributed by atoms with Crippen LogP contribution in [-0.4, -0.2) is 30.4 Å². The SMILES string of the molecule is CC(NC(=O)CN(C)C(C)C1CC1)c1ccccc1. The summed E-state index contributed by atoms with van der Waals surface area (Å²) in [7, 11) is 2.04. The highest BCUT2D eigenvalue weighted by atomic mass is 16.2. The summed E-state index contributed by atoms with van der Waals surface area (Å²) < 4.78 is 0. The number of nitrogens with one attached hydrogen (secondary N) is 1. The van der Waals surface area contributed by atoms with Crippen molar-refractivity contribution in [2.45, 2.75) is 38.8 Å². The van der Waals surface area contributed by atoms with Crippen LogP contribution < -0.4 is 5.32 Å². The van der Waals surface area contributed by atoms with Gasteiger partial charge in [-0.2, -0.15) is 0 Å². The number of hydrogen-bond acceptors (Lipinski definition) is 2. The summed E-state index contributed by atoms with van der Waals surface area (Å²) in [5.74, 6) is 0.899. The first-order chi connectivity index (χ1) is 9.08. The molecule has 1 aromatic carbocycles. The normalized spacial score (nSPS) is 18.1. The Morgan fingerprint density at radius 1 is 1.32 bits per heavy atom. The smallest absolute Gasteiger partial charge is 0.234 e. The second-order valence-corrected chi connectivity index (χ2v) is 5.69. The molecule has 0 heterocycles. The molecule has 0 aromatic heterocycles. The van der Waals surface area contributed by atoms with E-state index in [1.807, 2.05) is 44.3 Å². The van der Waals surface area contributed by atoms with Crippen LogP contribution in [0.25, 0.3) is 0 Å². The highest BCUT2D eigenvalue weighted by Crippen LogP contribution is 2.34. The van der Waals surface area contributed by atoms with E-state index in [9.17, 15) is 4.79 Å². The van der Waals surface area contributed by atoms with Gasteiger partial charge in [-0.3, -0.25) is 9.69 Å². The van der Waals surface area contributed by atoms with Crippen molar-refractivity contribution in [2.75, 3.05) is 13.6 Å². The summed E-state index contributed by atoms with van der Waals surface area (Å²) in [5, 5.41) is 3.06. The molecule has 0 saturated heterocycles. The molecule has 1 saturated carbocycles. The fourth-order valence-electron chi connectivity index (χ4n) is 2.42. The molecule has 1 aliphatic rings. The molecule has 1 aromatic rings. The molecule has 1 N–H and O–H groups in total. The maximum absolute atomic E-state index is 12.0. The van der Waals surface area contributed by atoms with Gasteiger partial charge in [-0.1, -0.05) is 30.3 Å². The van der Waals surface area contributed by atoms with Crippen LogP contribution in [0.15, 0.2) is 30.3 Å². The van der Waals surface area contributed by atoms with Gasteiger partial charge in [0.2, 0.25) is 5.91 Å². The van der Waals surface area contributed by atoms with Gasteiger partial charge in [0.15, 0.2) is 0 Å². The van der Waals surface area contributed by atoms with Gasteiger partial charge in [0.1, 0.15) is 0 Å². The van der Waals surface area contributed by atoms with E-state index in [4.69, 9.17) is 0 Å². The van der Waals surface area contributed by atoms with E-state index in [1.165, 1.54) is 12.8 Å². The molecule has 2 rings (SSSR count). The third-order valence-electron chi connectivity index (χ3n) is 4.07. The average molecular weight is 260 g/mol. The second-order valence-electron chi connectivity index (χ2n) is 5.69. The van der Waals surface area contributed by atoms with E-state index >= 15 is 0 Å². The Labute approximate surface area is 116 Å². The summed E-state index contributed by atoms with van der Waals surface area (Å²) in [6, 6.07) is 10.7. The lowest BCUT2D eigenvalue weighted by atomic mass is 10.1. The Morgan fingerprint density at radius 3 is 2.53 bits per heavy atom. The van der Waals surface area contributed by atoms with Crippen LogP contribution >= 0.6 is 0 Å². The zero-order valence-corrected chi connectivity index (χ0v) is 12.1. The van der Waals surface area contributed by atoms with Gasteiger partial charge in [-0.15, -0.1) is 0 Å². The monoisotopic (exact) mass is 260 g/mol. The largest absolute Gasteiger partial charge is 0.348 e. The van der Waals surface area contributed by atoms with Crippen LogP contribution in [0, 0.1) is 5.92 Å². The zero-order valence-electron chi connectivity index (χ0n) is 12.1. The topological polar surface area (TPSA) is 32.3 Å². The first kappa shape index (κ1) is 14.1. The number of likely N-dealkylation sites (N-methyl/N-ethyl adjacent to an activating group) is 1. The van der Waals surface area contributed by atoms with Gasteiger partial charge in [0.05, 0.1) is 12.6 Å². The molecular weight excluding hydrogens is 236 g/mol. The highest BCUT2D eigenvalue weighted by molar-refractivity contribution is 5.78. The van der Waals surface area contributed by atoms with Crippen LogP contribution in [0.2, 0.25) is 0 Å². The van der Waals surface area contributed by atoms with Crippen molar-refractivity contribution < 1.29 is 4.79 Å². The van der Waals surface area contributed by atoms with E-state index in [0.717, 1.165) is 11.5 Å². The van der Waals surface area contributed by atoms with Gasteiger partial charge in [0, 0.05) is 6.04 Å². The highest BCUT2D eigenvalue weighted by Gasteiger charge is 2.31. The van der Waals surface area contributed by atoms with E-state index in [-0.39, 0.29) is 11.9 Å². The zero-order chi connectivity index (χ0) is 13.8. The number of rotatable bonds is 6. The van der Waals surface area contributed by atoms with Gasteiger partial charge in [-0.25, -0.2) is 0 Å². The van der Waals surface area contributed by atoms with Crippen molar-refractivity contribution in [1.29, 1.82) is 0 Å². The summed E-state index contributed by atoms with van der Waals surface area (Å²) in [6.45, 7) is 4.72. The lowest BCUT2D eigenvalue weighted by Gasteiger charge is -2.25. The second kappa shape index (κ2) is 6.20. The van der Waals surface area contributed by atoms with Crippen molar-refractivity contribution in [3.05, 3.63) is 35.9 Å². The lowest BCUT2D eigenvalue weighted by Crippen LogP contribution is -2.41. The molecule has 3 nitrogen and oxygen atoms in total. The number of benzene rings is 1. The molecule has 1 fully saturated rings. The fourth-order valence-corrected chi connectivity index (χ4v) is 2.42. The molecule has 0 radical (unpaired) electrons. The predicted molar refractivity (Wildman–Crippen MR) is 77.8 cm³/mol. The Balaban J connectivity index is 1.80.